The summed E-state index contributed by atoms with van der Waals surface area (Å²) in [4.78, 5) is 35.4. The molecule has 1 aliphatic heterocycles. The average molecular weight is 257 g/mol. The lowest BCUT2D eigenvalue weighted by atomic mass is 10.0. The summed E-state index contributed by atoms with van der Waals surface area (Å²) < 4.78 is 5.14. The standard InChI is InChI=1S/C12H19NO5/c1-12(2,3)18-10(15)7-13-5-4-8(14)6-9(13)11(16)17/h9H,4-7H2,1-3H3,(H,16,17)/t9-/m1/s1. The molecule has 0 aromatic heterocycles. The predicted molar refractivity (Wildman–Crippen MR) is 63.1 cm³/mol. The minimum Gasteiger partial charge on any atom is -0.480 e. The quantitative estimate of drug-likeness (QED) is 0.739. The lowest BCUT2D eigenvalue weighted by Gasteiger charge is -2.32. The van der Waals surface area contributed by atoms with Crippen LogP contribution in [0.25, 0.3) is 0 Å². The highest BCUT2D eigenvalue weighted by atomic mass is 16.6. The van der Waals surface area contributed by atoms with Crippen molar-refractivity contribution in [3.8, 4) is 0 Å². The van der Waals surface area contributed by atoms with Crippen LogP contribution in [0.3, 0.4) is 0 Å². The van der Waals surface area contributed by atoms with E-state index in [0.29, 0.717) is 0 Å². The lowest BCUT2D eigenvalue weighted by molar-refractivity contribution is -0.160. The number of piperidine rings is 1. The molecule has 1 fully saturated rings. The molecule has 0 bridgehead atoms. The first-order valence-electron chi connectivity index (χ1n) is 5.89. The van der Waals surface area contributed by atoms with E-state index in [1.54, 1.807) is 20.8 Å². The number of hydrogen-bond donors (Lipinski definition) is 1. The van der Waals surface area contributed by atoms with Crippen LogP contribution in [0.4, 0.5) is 0 Å². The van der Waals surface area contributed by atoms with Gasteiger partial charge in [-0.25, -0.2) is 0 Å². The Morgan fingerprint density at radius 3 is 2.56 bits per heavy atom. The zero-order valence-electron chi connectivity index (χ0n) is 10.9. The summed E-state index contributed by atoms with van der Waals surface area (Å²) in [6.45, 7) is 5.44. The monoisotopic (exact) mass is 257 g/mol. The van der Waals surface area contributed by atoms with Crippen LogP contribution in [0.2, 0.25) is 0 Å². The highest BCUT2D eigenvalue weighted by Gasteiger charge is 2.34. The molecular formula is C12H19NO5. The van der Waals surface area contributed by atoms with Crippen molar-refractivity contribution in [2.75, 3.05) is 13.1 Å². The number of carbonyl (C=O) groups excluding carboxylic acids is 2. The number of esters is 1. The number of carbonyl (C=O) groups is 3. The van der Waals surface area contributed by atoms with Crippen LogP contribution >= 0.6 is 0 Å². The van der Waals surface area contributed by atoms with Gasteiger partial charge in [-0.05, 0) is 20.8 Å². The third-order valence-corrected chi connectivity index (χ3v) is 2.58. The zero-order chi connectivity index (χ0) is 13.9. The summed E-state index contributed by atoms with van der Waals surface area (Å²) in [6, 6.07) is -0.918. The van der Waals surface area contributed by atoms with Gasteiger partial charge in [0.2, 0.25) is 0 Å². The van der Waals surface area contributed by atoms with Gasteiger partial charge in [0.25, 0.3) is 0 Å². The maximum absolute atomic E-state index is 11.6. The van der Waals surface area contributed by atoms with Gasteiger partial charge in [0.1, 0.15) is 17.4 Å². The van der Waals surface area contributed by atoms with Gasteiger partial charge < -0.3 is 9.84 Å². The second kappa shape index (κ2) is 5.48. The summed E-state index contributed by atoms with van der Waals surface area (Å²) in [5.74, 6) is -1.63. The van der Waals surface area contributed by atoms with E-state index < -0.39 is 23.6 Å². The molecule has 0 saturated carbocycles. The van der Waals surface area contributed by atoms with Gasteiger partial charge in [0, 0.05) is 19.4 Å². The molecule has 1 rings (SSSR count). The Labute approximate surface area is 106 Å². The second-order valence-corrected chi connectivity index (χ2v) is 5.40. The molecule has 18 heavy (non-hydrogen) atoms. The summed E-state index contributed by atoms with van der Waals surface area (Å²) in [6.07, 6.45) is 0.241. The number of aliphatic carboxylic acids is 1. The topological polar surface area (TPSA) is 83.9 Å². The molecule has 0 radical (unpaired) electrons. The molecule has 1 heterocycles. The number of hydrogen-bond acceptors (Lipinski definition) is 5. The van der Waals surface area contributed by atoms with Crippen LogP contribution in [0.15, 0.2) is 0 Å². The fourth-order valence-corrected chi connectivity index (χ4v) is 1.84. The van der Waals surface area contributed by atoms with E-state index >= 15 is 0 Å². The predicted octanol–water partition coefficient (Wildman–Crippen LogP) is 0.446. The van der Waals surface area contributed by atoms with Crippen molar-refractivity contribution in [2.24, 2.45) is 0 Å². The smallest absolute Gasteiger partial charge is 0.321 e. The number of likely N-dealkylation sites (tertiary alicyclic amines) is 1. The van der Waals surface area contributed by atoms with Crippen LogP contribution in [0, 0.1) is 0 Å². The lowest BCUT2D eigenvalue weighted by Crippen LogP contribution is -2.50. The molecule has 1 N–H and O–H groups in total. The molecule has 1 aliphatic rings. The van der Waals surface area contributed by atoms with E-state index in [1.807, 2.05) is 0 Å². The van der Waals surface area contributed by atoms with E-state index in [9.17, 15) is 14.4 Å². The van der Waals surface area contributed by atoms with Gasteiger partial charge >= 0.3 is 11.9 Å². The fraction of sp³-hybridized carbons (Fsp3) is 0.750. The van der Waals surface area contributed by atoms with Crippen LogP contribution in [-0.4, -0.2) is 52.5 Å². The van der Waals surface area contributed by atoms with E-state index in [-0.39, 0.29) is 31.7 Å². The molecule has 0 aliphatic carbocycles. The molecule has 0 aromatic carbocycles. The minimum absolute atomic E-state index is 0.0435. The van der Waals surface area contributed by atoms with Crippen molar-refractivity contribution >= 4 is 17.7 Å². The highest BCUT2D eigenvalue weighted by molar-refractivity contribution is 5.87. The van der Waals surface area contributed by atoms with Crippen molar-refractivity contribution < 1.29 is 24.2 Å². The molecule has 1 saturated heterocycles. The number of Topliss-reactive ketones (excluding diaryl/α,β-unsaturated/α-hetero) is 1. The molecule has 6 nitrogen and oxygen atoms in total. The molecule has 1 atom stereocenters. The summed E-state index contributed by atoms with van der Waals surface area (Å²) >= 11 is 0. The second-order valence-electron chi connectivity index (χ2n) is 5.40. The largest absolute Gasteiger partial charge is 0.480 e. The number of rotatable bonds is 3. The number of ether oxygens (including phenoxy) is 1. The molecule has 0 aromatic rings. The van der Waals surface area contributed by atoms with E-state index in [0.717, 1.165) is 0 Å². The van der Waals surface area contributed by atoms with Crippen LogP contribution in [0.1, 0.15) is 33.6 Å². The minimum atomic E-state index is -1.08. The third kappa shape index (κ3) is 4.44. The Bertz CT molecular complexity index is 358. The van der Waals surface area contributed by atoms with Gasteiger partial charge in [0.15, 0.2) is 0 Å². The molecule has 6 heteroatoms. The highest BCUT2D eigenvalue weighted by Crippen LogP contribution is 2.15. The molecule has 102 valence electrons. The van der Waals surface area contributed by atoms with Crippen LogP contribution in [0.5, 0.6) is 0 Å². The molecular weight excluding hydrogens is 238 g/mol. The number of ketones is 1. The Morgan fingerprint density at radius 1 is 1.44 bits per heavy atom. The first kappa shape index (κ1) is 14.6. The van der Waals surface area contributed by atoms with Gasteiger partial charge in [-0.2, -0.15) is 0 Å². The SMILES string of the molecule is CC(C)(C)OC(=O)CN1CCC(=O)C[C@@H]1C(=O)O. The van der Waals surface area contributed by atoms with Gasteiger partial charge in [-0.1, -0.05) is 0 Å². The summed E-state index contributed by atoms with van der Waals surface area (Å²) in [5, 5.41) is 9.03. The molecule has 0 amide bonds. The molecule has 0 unspecified atom stereocenters. The van der Waals surface area contributed by atoms with Gasteiger partial charge in [0.05, 0.1) is 6.54 Å². The van der Waals surface area contributed by atoms with Crippen LogP contribution in [-0.2, 0) is 19.1 Å². The normalized spacial score (nSPS) is 21.7. The van der Waals surface area contributed by atoms with Gasteiger partial charge in [-0.15, -0.1) is 0 Å². The van der Waals surface area contributed by atoms with E-state index in [4.69, 9.17) is 9.84 Å². The van der Waals surface area contributed by atoms with Crippen molar-refractivity contribution in [2.45, 2.75) is 45.3 Å². The average Bonchev–Trinajstić information content (AvgIpc) is 2.17. The van der Waals surface area contributed by atoms with Crippen LogP contribution < -0.4 is 0 Å². The Hall–Kier alpha value is -1.43. The van der Waals surface area contributed by atoms with Crippen molar-refractivity contribution in [3.63, 3.8) is 0 Å². The number of nitrogens with zero attached hydrogens (tertiary/aromatic N) is 1. The van der Waals surface area contributed by atoms with Crippen molar-refractivity contribution in [1.82, 2.24) is 4.90 Å². The first-order chi connectivity index (χ1) is 8.19. The maximum Gasteiger partial charge on any atom is 0.321 e. The fourth-order valence-electron chi connectivity index (χ4n) is 1.84. The Morgan fingerprint density at radius 2 is 2.06 bits per heavy atom. The zero-order valence-corrected chi connectivity index (χ0v) is 10.9. The maximum atomic E-state index is 11.6. The third-order valence-electron chi connectivity index (χ3n) is 2.58. The first-order valence-corrected chi connectivity index (χ1v) is 5.89. The summed E-state index contributed by atoms with van der Waals surface area (Å²) in [7, 11) is 0. The number of carboxylic acids is 1. The Kier molecular flexibility index (Phi) is 4.45. The molecule has 0 spiro atoms. The number of carboxylic acid groups (broad SMARTS) is 1. The Balaban J connectivity index is 2.61. The van der Waals surface area contributed by atoms with E-state index in [2.05, 4.69) is 0 Å². The summed E-state index contributed by atoms with van der Waals surface area (Å²) in [5.41, 5.74) is -0.596. The van der Waals surface area contributed by atoms with Crippen molar-refractivity contribution in [1.29, 1.82) is 0 Å². The van der Waals surface area contributed by atoms with Gasteiger partial charge in [-0.3, -0.25) is 19.3 Å². The van der Waals surface area contributed by atoms with Crippen molar-refractivity contribution in [3.05, 3.63) is 0 Å². The van der Waals surface area contributed by atoms with E-state index in [1.165, 1.54) is 4.90 Å².